The maximum absolute atomic E-state index is 4.17. The van der Waals surface area contributed by atoms with Crippen molar-refractivity contribution >= 4 is 0 Å². The van der Waals surface area contributed by atoms with Gasteiger partial charge in [-0.25, -0.2) is 0 Å². The van der Waals surface area contributed by atoms with Crippen molar-refractivity contribution in [2.75, 3.05) is 6.54 Å². The molecule has 3 atom stereocenters. The number of nitrogens with zero attached hydrogens (tertiary/aromatic N) is 2. The van der Waals surface area contributed by atoms with Gasteiger partial charge in [0.25, 0.3) is 0 Å². The van der Waals surface area contributed by atoms with Gasteiger partial charge in [0.2, 0.25) is 0 Å². The Hall–Kier alpha value is -0.830. The second-order valence-electron chi connectivity index (χ2n) is 4.55. The lowest BCUT2D eigenvalue weighted by atomic mass is 10.2. The first kappa shape index (κ1) is 9.71. The van der Waals surface area contributed by atoms with Crippen LogP contribution in [0, 0.1) is 11.8 Å². The predicted molar refractivity (Wildman–Crippen MR) is 56.9 cm³/mol. The van der Waals surface area contributed by atoms with E-state index in [-0.39, 0.29) is 0 Å². The fourth-order valence-corrected chi connectivity index (χ4v) is 1.79. The number of hydrogen-bond donors (Lipinski definition) is 1. The van der Waals surface area contributed by atoms with Crippen LogP contribution < -0.4 is 5.32 Å². The molecule has 3 nitrogen and oxygen atoms in total. The van der Waals surface area contributed by atoms with Gasteiger partial charge in [0.05, 0.1) is 6.20 Å². The van der Waals surface area contributed by atoms with E-state index in [1.807, 2.05) is 17.9 Å². The van der Waals surface area contributed by atoms with Crippen LogP contribution >= 0.6 is 0 Å². The van der Waals surface area contributed by atoms with Crippen LogP contribution in [0.2, 0.25) is 0 Å². The van der Waals surface area contributed by atoms with Crippen molar-refractivity contribution in [2.45, 2.75) is 26.3 Å². The third-order valence-corrected chi connectivity index (χ3v) is 3.19. The van der Waals surface area contributed by atoms with E-state index < -0.39 is 0 Å². The molecule has 3 heteroatoms. The van der Waals surface area contributed by atoms with Gasteiger partial charge >= 0.3 is 0 Å². The molecule has 3 unspecified atom stereocenters. The molecule has 78 valence electrons. The van der Waals surface area contributed by atoms with Crippen molar-refractivity contribution < 1.29 is 0 Å². The largest absolute Gasteiger partial charge is 0.310 e. The second kappa shape index (κ2) is 3.73. The van der Waals surface area contributed by atoms with Gasteiger partial charge in [0.15, 0.2) is 0 Å². The molecule has 0 aromatic carbocycles. The summed E-state index contributed by atoms with van der Waals surface area (Å²) < 4.78 is 1.85. The molecular formula is C11H19N3. The third kappa shape index (κ3) is 2.15. The molecule has 1 fully saturated rings. The third-order valence-electron chi connectivity index (χ3n) is 3.19. The van der Waals surface area contributed by atoms with E-state index in [1.54, 1.807) is 0 Å². The zero-order valence-corrected chi connectivity index (χ0v) is 9.20. The van der Waals surface area contributed by atoms with Crippen molar-refractivity contribution in [2.24, 2.45) is 18.9 Å². The van der Waals surface area contributed by atoms with Gasteiger partial charge < -0.3 is 5.32 Å². The van der Waals surface area contributed by atoms with Gasteiger partial charge in [-0.15, -0.1) is 0 Å². The molecule has 1 heterocycles. The highest BCUT2D eigenvalue weighted by molar-refractivity contribution is 5.09. The second-order valence-corrected chi connectivity index (χ2v) is 4.55. The number of hydrogen-bond acceptors (Lipinski definition) is 2. The van der Waals surface area contributed by atoms with E-state index in [9.17, 15) is 0 Å². The van der Waals surface area contributed by atoms with Gasteiger partial charge in [-0.2, -0.15) is 5.10 Å². The molecule has 1 saturated carbocycles. The highest BCUT2D eigenvalue weighted by atomic mass is 15.2. The molecule has 14 heavy (non-hydrogen) atoms. The molecule has 0 aliphatic heterocycles. The monoisotopic (exact) mass is 193 g/mol. The van der Waals surface area contributed by atoms with Gasteiger partial charge in [0, 0.05) is 24.8 Å². The Morgan fingerprint density at radius 2 is 2.43 bits per heavy atom. The van der Waals surface area contributed by atoms with E-state index in [0.29, 0.717) is 6.04 Å². The van der Waals surface area contributed by atoms with Crippen LogP contribution in [0.4, 0.5) is 0 Å². The first-order chi connectivity index (χ1) is 6.66. The minimum Gasteiger partial charge on any atom is -0.310 e. The fourth-order valence-electron chi connectivity index (χ4n) is 1.79. The van der Waals surface area contributed by atoms with Gasteiger partial charge in [0.1, 0.15) is 0 Å². The summed E-state index contributed by atoms with van der Waals surface area (Å²) in [5.74, 6) is 1.85. The summed E-state index contributed by atoms with van der Waals surface area (Å²) in [4.78, 5) is 0. The summed E-state index contributed by atoms with van der Waals surface area (Å²) in [5, 5.41) is 7.72. The Morgan fingerprint density at radius 3 is 2.93 bits per heavy atom. The molecule has 1 aliphatic rings. The minimum absolute atomic E-state index is 0.427. The molecule has 0 radical (unpaired) electrons. The van der Waals surface area contributed by atoms with Crippen molar-refractivity contribution in [1.29, 1.82) is 0 Å². The Bertz CT molecular complexity index is 305. The number of rotatable bonds is 4. The molecule has 0 amide bonds. The molecule has 0 bridgehead atoms. The van der Waals surface area contributed by atoms with E-state index >= 15 is 0 Å². The highest BCUT2D eigenvalue weighted by Crippen LogP contribution is 2.37. The van der Waals surface area contributed by atoms with Crippen LogP contribution in [0.3, 0.4) is 0 Å². The smallest absolute Gasteiger partial charge is 0.0537 e. The molecule has 1 aliphatic carbocycles. The molecule has 0 spiro atoms. The fraction of sp³-hybridized carbons (Fsp3) is 0.727. The van der Waals surface area contributed by atoms with Crippen LogP contribution in [0.5, 0.6) is 0 Å². The van der Waals surface area contributed by atoms with Crippen LogP contribution in [-0.4, -0.2) is 16.3 Å². The molecule has 0 saturated heterocycles. The normalized spacial score (nSPS) is 27.6. The van der Waals surface area contributed by atoms with Crippen molar-refractivity contribution in [3.63, 3.8) is 0 Å². The SMILES string of the molecule is CC(NCC1CC1C)c1cnn(C)c1. The first-order valence-corrected chi connectivity index (χ1v) is 5.38. The molecular weight excluding hydrogens is 174 g/mol. The lowest BCUT2D eigenvalue weighted by Gasteiger charge is -2.11. The van der Waals surface area contributed by atoms with Crippen molar-refractivity contribution in [1.82, 2.24) is 15.1 Å². The summed E-state index contributed by atoms with van der Waals surface area (Å²) in [6, 6.07) is 0.427. The van der Waals surface area contributed by atoms with Gasteiger partial charge in [-0.3, -0.25) is 4.68 Å². The topological polar surface area (TPSA) is 29.9 Å². The first-order valence-electron chi connectivity index (χ1n) is 5.38. The van der Waals surface area contributed by atoms with Crippen LogP contribution in [0.15, 0.2) is 12.4 Å². The number of nitrogens with one attached hydrogen (secondary N) is 1. The Morgan fingerprint density at radius 1 is 1.71 bits per heavy atom. The summed E-state index contributed by atoms with van der Waals surface area (Å²) in [6.07, 6.45) is 5.41. The lowest BCUT2D eigenvalue weighted by Crippen LogP contribution is -2.21. The Kier molecular flexibility index (Phi) is 2.59. The zero-order valence-electron chi connectivity index (χ0n) is 9.20. The lowest BCUT2D eigenvalue weighted by molar-refractivity contribution is 0.535. The summed E-state index contributed by atoms with van der Waals surface area (Å²) in [5.41, 5.74) is 1.28. The highest BCUT2D eigenvalue weighted by Gasteiger charge is 2.32. The van der Waals surface area contributed by atoms with E-state index in [1.165, 1.54) is 12.0 Å². The summed E-state index contributed by atoms with van der Waals surface area (Å²) in [7, 11) is 1.96. The van der Waals surface area contributed by atoms with Crippen LogP contribution in [0.1, 0.15) is 31.9 Å². The van der Waals surface area contributed by atoms with Crippen LogP contribution in [0.25, 0.3) is 0 Å². The number of aryl methyl sites for hydroxylation is 1. The number of aromatic nitrogens is 2. The van der Waals surface area contributed by atoms with Crippen LogP contribution in [-0.2, 0) is 7.05 Å². The predicted octanol–water partition coefficient (Wildman–Crippen LogP) is 1.73. The molecule has 1 aromatic heterocycles. The quantitative estimate of drug-likeness (QED) is 0.789. The van der Waals surface area contributed by atoms with Crippen molar-refractivity contribution in [3.05, 3.63) is 18.0 Å². The Labute approximate surface area is 85.5 Å². The van der Waals surface area contributed by atoms with Gasteiger partial charge in [-0.1, -0.05) is 6.92 Å². The maximum Gasteiger partial charge on any atom is 0.0537 e. The standard InChI is InChI=1S/C11H19N3/c1-8-4-10(8)5-12-9(2)11-6-13-14(3)7-11/h6-10,12H,4-5H2,1-3H3. The molecule has 1 aromatic rings. The van der Waals surface area contributed by atoms with Gasteiger partial charge in [-0.05, 0) is 31.7 Å². The average molecular weight is 193 g/mol. The molecule has 1 N–H and O–H groups in total. The van der Waals surface area contributed by atoms with E-state index in [4.69, 9.17) is 0 Å². The Balaban J connectivity index is 1.80. The van der Waals surface area contributed by atoms with E-state index in [2.05, 4.69) is 30.5 Å². The van der Waals surface area contributed by atoms with E-state index in [0.717, 1.165) is 18.4 Å². The van der Waals surface area contributed by atoms with Crippen molar-refractivity contribution in [3.8, 4) is 0 Å². The zero-order chi connectivity index (χ0) is 10.1. The summed E-state index contributed by atoms with van der Waals surface area (Å²) in [6.45, 7) is 5.67. The maximum atomic E-state index is 4.17. The average Bonchev–Trinajstić information content (AvgIpc) is 2.66. The summed E-state index contributed by atoms with van der Waals surface area (Å²) >= 11 is 0. The molecule has 2 rings (SSSR count). The minimum atomic E-state index is 0.427.